The van der Waals surface area contributed by atoms with Gasteiger partial charge in [0, 0.05) is 18.5 Å². The van der Waals surface area contributed by atoms with Gasteiger partial charge in [-0.05, 0) is 45.1 Å². The van der Waals surface area contributed by atoms with Gasteiger partial charge < -0.3 is 9.26 Å². The van der Waals surface area contributed by atoms with E-state index in [4.69, 9.17) is 9.26 Å². The number of hydrogen-bond donors (Lipinski definition) is 0. The van der Waals surface area contributed by atoms with Crippen LogP contribution >= 0.6 is 0 Å². The summed E-state index contributed by atoms with van der Waals surface area (Å²) in [5.41, 5.74) is 0.220. The molecule has 5 nitrogen and oxygen atoms in total. The van der Waals surface area contributed by atoms with E-state index in [0.29, 0.717) is 5.92 Å². The summed E-state index contributed by atoms with van der Waals surface area (Å²) in [6.07, 6.45) is 10.2. The number of fused-ring (bicyclic) bond motifs is 1. The number of nitrogens with zero attached hydrogens (tertiary/aromatic N) is 3. The van der Waals surface area contributed by atoms with Crippen LogP contribution in [0.4, 0.5) is 0 Å². The lowest BCUT2D eigenvalue weighted by atomic mass is 9.98. The zero-order chi connectivity index (χ0) is 14.3. The van der Waals surface area contributed by atoms with Crippen LogP contribution in [0.15, 0.2) is 16.7 Å². The van der Waals surface area contributed by atoms with Gasteiger partial charge in [0.2, 0.25) is 11.7 Å². The molecule has 0 N–H and O–H groups in total. The van der Waals surface area contributed by atoms with E-state index < -0.39 is 0 Å². The van der Waals surface area contributed by atoms with Gasteiger partial charge in [-0.3, -0.25) is 4.90 Å². The van der Waals surface area contributed by atoms with E-state index in [9.17, 15) is 0 Å². The fraction of sp³-hybridized carbons (Fsp3) is 0.750. The topological polar surface area (TPSA) is 51.4 Å². The maximum Gasteiger partial charge on any atom is 0.227 e. The van der Waals surface area contributed by atoms with Gasteiger partial charge in [-0.2, -0.15) is 4.98 Å². The van der Waals surface area contributed by atoms with Gasteiger partial charge in [0.05, 0.1) is 6.61 Å². The molecule has 5 heteroatoms. The molecule has 21 heavy (non-hydrogen) atoms. The molecule has 3 heterocycles. The first-order valence-corrected chi connectivity index (χ1v) is 8.09. The van der Waals surface area contributed by atoms with Gasteiger partial charge >= 0.3 is 0 Å². The van der Waals surface area contributed by atoms with E-state index >= 15 is 0 Å². The van der Waals surface area contributed by atoms with E-state index in [1.54, 1.807) is 0 Å². The number of rotatable bonds is 3. The van der Waals surface area contributed by atoms with Gasteiger partial charge in [0.25, 0.3) is 0 Å². The normalized spacial score (nSPS) is 36.2. The van der Waals surface area contributed by atoms with Crippen LogP contribution in [0, 0.1) is 5.92 Å². The van der Waals surface area contributed by atoms with Crippen LogP contribution in [-0.4, -0.2) is 40.3 Å². The van der Waals surface area contributed by atoms with Crippen molar-refractivity contribution in [1.29, 1.82) is 0 Å². The summed E-state index contributed by atoms with van der Waals surface area (Å²) in [6, 6.07) is 0. The fourth-order valence-electron chi connectivity index (χ4n) is 3.81. The Bertz CT molecular complexity index is 541. The molecule has 0 aromatic carbocycles. The summed E-state index contributed by atoms with van der Waals surface area (Å²) in [7, 11) is 0. The van der Waals surface area contributed by atoms with Crippen LogP contribution < -0.4 is 0 Å². The second kappa shape index (κ2) is 5.21. The van der Waals surface area contributed by atoms with Crippen molar-refractivity contribution in [2.45, 2.75) is 50.7 Å². The van der Waals surface area contributed by atoms with Crippen LogP contribution in [0.1, 0.15) is 50.4 Å². The standard InChI is InChI=1S/C16H23N3O2/c1-16-7-4-8-19(16)10-13(20-11-16)15-17-14(21-18-15)9-12-5-2-3-6-12/h2,5,12-13H,3-4,6-11H2,1H3. The third-order valence-electron chi connectivity index (χ3n) is 5.21. The van der Waals surface area contributed by atoms with Crippen LogP contribution in [0.25, 0.3) is 0 Å². The first kappa shape index (κ1) is 13.5. The zero-order valence-electron chi connectivity index (χ0n) is 12.6. The molecule has 0 bridgehead atoms. The van der Waals surface area contributed by atoms with Gasteiger partial charge in [0.1, 0.15) is 6.10 Å². The van der Waals surface area contributed by atoms with E-state index in [0.717, 1.165) is 37.8 Å². The third-order valence-corrected chi connectivity index (χ3v) is 5.21. The van der Waals surface area contributed by atoms with E-state index in [1.165, 1.54) is 25.7 Å². The Morgan fingerprint density at radius 2 is 2.43 bits per heavy atom. The Hall–Kier alpha value is -1.20. The largest absolute Gasteiger partial charge is 0.367 e. The molecule has 3 atom stereocenters. The molecule has 2 aliphatic heterocycles. The molecule has 1 aromatic heterocycles. The van der Waals surface area contributed by atoms with Crippen LogP contribution in [-0.2, 0) is 11.2 Å². The van der Waals surface area contributed by atoms with Crippen LogP contribution in [0.3, 0.4) is 0 Å². The molecule has 3 aliphatic rings. The van der Waals surface area contributed by atoms with Crippen LogP contribution in [0.5, 0.6) is 0 Å². The van der Waals surface area contributed by atoms with Gasteiger partial charge in [-0.1, -0.05) is 17.3 Å². The Labute approximate surface area is 125 Å². The highest BCUT2D eigenvalue weighted by atomic mass is 16.5. The molecular weight excluding hydrogens is 266 g/mol. The molecule has 0 spiro atoms. The number of hydrogen-bond acceptors (Lipinski definition) is 5. The van der Waals surface area contributed by atoms with Crippen molar-refractivity contribution in [3.63, 3.8) is 0 Å². The molecule has 0 amide bonds. The third kappa shape index (κ3) is 2.53. The summed E-state index contributed by atoms with van der Waals surface area (Å²) in [6.45, 7) is 5.12. The van der Waals surface area contributed by atoms with Crippen molar-refractivity contribution in [2.24, 2.45) is 5.92 Å². The zero-order valence-corrected chi connectivity index (χ0v) is 12.6. The maximum atomic E-state index is 6.02. The Balaban J connectivity index is 1.42. The summed E-state index contributed by atoms with van der Waals surface area (Å²) < 4.78 is 11.4. The summed E-state index contributed by atoms with van der Waals surface area (Å²) in [5, 5.41) is 4.16. The van der Waals surface area contributed by atoms with Crippen molar-refractivity contribution < 1.29 is 9.26 Å². The molecule has 1 aromatic rings. The van der Waals surface area contributed by atoms with Gasteiger partial charge in [-0.25, -0.2) is 0 Å². The van der Waals surface area contributed by atoms with E-state index in [-0.39, 0.29) is 11.6 Å². The second-order valence-corrected chi connectivity index (χ2v) is 6.86. The Morgan fingerprint density at radius 3 is 3.29 bits per heavy atom. The lowest BCUT2D eigenvalue weighted by Crippen LogP contribution is -2.51. The smallest absolute Gasteiger partial charge is 0.227 e. The minimum atomic E-state index is -0.0344. The fourth-order valence-corrected chi connectivity index (χ4v) is 3.81. The summed E-state index contributed by atoms with van der Waals surface area (Å²) in [5.74, 6) is 2.04. The predicted molar refractivity (Wildman–Crippen MR) is 77.8 cm³/mol. The first-order valence-electron chi connectivity index (χ1n) is 8.09. The molecule has 3 unspecified atom stereocenters. The average Bonchev–Trinajstić information content (AvgIpc) is 3.18. The monoisotopic (exact) mass is 289 g/mol. The Morgan fingerprint density at radius 1 is 1.48 bits per heavy atom. The highest BCUT2D eigenvalue weighted by Crippen LogP contribution is 2.36. The molecule has 2 saturated heterocycles. The highest BCUT2D eigenvalue weighted by molar-refractivity contribution is 5.04. The van der Waals surface area contributed by atoms with E-state index in [1.807, 2.05) is 0 Å². The van der Waals surface area contributed by atoms with Gasteiger partial charge in [0.15, 0.2) is 0 Å². The minimum Gasteiger partial charge on any atom is -0.367 e. The van der Waals surface area contributed by atoms with Crippen molar-refractivity contribution in [1.82, 2.24) is 15.0 Å². The molecule has 2 fully saturated rings. The summed E-state index contributed by atoms with van der Waals surface area (Å²) in [4.78, 5) is 7.10. The number of allylic oxidation sites excluding steroid dienone is 2. The lowest BCUT2D eigenvalue weighted by Gasteiger charge is -2.42. The molecule has 4 rings (SSSR count). The quantitative estimate of drug-likeness (QED) is 0.800. The average molecular weight is 289 g/mol. The Kier molecular flexibility index (Phi) is 3.34. The SMILES string of the molecule is CC12CCCN1CC(c1noc(CC3C=CCC3)n1)OC2. The number of ether oxygens (including phenoxy) is 1. The van der Waals surface area contributed by atoms with Crippen LogP contribution in [0.2, 0.25) is 0 Å². The predicted octanol–water partition coefficient (Wildman–Crippen LogP) is 2.50. The van der Waals surface area contributed by atoms with Crippen molar-refractivity contribution in [3.8, 4) is 0 Å². The molecule has 1 aliphatic carbocycles. The van der Waals surface area contributed by atoms with Crippen molar-refractivity contribution in [3.05, 3.63) is 23.9 Å². The van der Waals surface area contributed by atoms with Crippen molar-refractivity contribution in [2.75, 3.05) is 19.7 Å². The second-order valence-electron chi connectivity index (χ2n) is 6.86. The van der Waals surface area contributed by atoms with E-state index in [2.05, 4.69) is 34.1 Å². The molecule has 114 valence electrons. The maximum absolute atomic E-state index is 6.02. The lowest BCUT2D eigenvalue weighted by molar-refractivity contribution is -0.0935. The molecular formula is C16H23N3O2. The highest BCUT2D eigenvalue weighted by Gasteiger charge is 2.43. The number of aromatic nitrogens is 2. The molecule has 0 saturated carbocycles. The number of morpholine rings is 1. The van der Waals surface area contributed by atoms with Crippen molar-refractivity contribution >= 4 is 0 Å². The first-order chi connectivity index (χ1) is 10.2. The molecule has 0 radical (unpaired) electrons. The summed E-state index contributed by atoms with van der Waals surface area (Å²) >= 11 is 0. The van der Waals surface area contributed by atoms with Gasteiger partial charge in [-0.15, -0.1) is 0 Å². The minimum absolute atomic E-state index is 0.0344.